The van der Waals surface area contributed by atoms with Gasteiger partial charge in [-0.25, -0.2) is 4.98 Å². The monoisotopic (exact) mass is 369 g/mol. The number of imidazole rings is 1. The van der Waals surface area contributed by atoms with E-state index in [-0.39, 0.29) is 8.98 Å². The van der Waals surface area contributed by atoms with Crippen molar-refractivity contribution in [3.8, 4) is 0 Å². The number of hydrogen-bond donors (Lipinski definition) is 3. The minimum atomic E-state index is -0.216. The van der Waals surface area contributed by atoms with Crippen LogP contribution in [0.5, 0.6) is 0 Å². The van der Waals surface area contributed by atoms with E-state index in [9.17, 15) is 4.79 Å². The molecule has 1 aliphatic rings. The summed E-state index contributed by atoms with van der Waals surface area (Å²) in [6.45, 7) is 0.688. The Hall–Kier alpha value is -1.64. The summed E-state index contributed by atoms with van der Waals surface area (Å²) in [5.41, 5.74) is 0.606. The summed E-state index contributed by atoms with van der Waals surface area (Å²) >= 11 is 2.40. The van der Waals surface area contributed by atoms with Gasteiger partial charge in [-0.1, -0.05) is 46.9 Å². The molecule has 1 atom stereocenters. The topological polar surface area (TPSA) is 86.5 Å². The lowest BCUT2D eigenvalue weighted by molar-refractivity contribution is 0.778. The molecule has 0 fully saturated rings. The highest BCUT2D eigenvalue weighted by Gasteiger charge is 2.23. The maximum absolute atomic E-state index is 11.8. The van der Waals surface area contributed by atoms with Crippen LogP contribution in [0.15, 0.2) is 35.4 Å². The minimum absolute atomic E-state index is 0.00557. The number of H-pyrrole nitrogens is 2. The third kappa shape index (κ3) is 2.55. The molecule has 98 valence electrons. The molecular weight excluding hydrogens is 357 g/mol. The highest BCUT2D eigenvalue weighted by molar-refractivity contribution is 14.1. The quantitative estimate of drug-likeness (QED) is 0.568. The van der Waals surface area contributed by atoms with Crippen LogP contribution in [-0.2, 0) is 0 Å². The van der Waals surface area contributed by atoms with Gasteiger partial charge in [-0.05, 0) is 6.42 Å². The number of rotatable bonds is 3. The number of nitrogens with zero attached hydrogens (tertiary/aromatic N) is 2. The van der Waals surface area contributed by atoms with Crippen molar-refractivity contribution >= 4 is 39.7 Å². The van der Waals surface area contributed by atoms with Crippen LogP contribution >= 0.6 is 22.6 Å². The maximum Gasteiger partial charge on any atom is 0.278 e. The molecule has 1 aliphatic carbocycles. The summed E-state index contributed by atoms with van der Waals surface area (Å²) in [7, 11) is 0. The van der Waals surface area contributed by atoms with Crippen LogP contribution in [0.2, 0.25) is 0 Å². The van der Waals surface area contributed by atoms with Gasteiger partial charge in [0.25, 0.3) is 5.56 Å². The Morgan fingerprint density at radius 2 is 2.37 bits per heavy atom. The van der Waals surface area contributed by atoms with E-state index in [1.807, 2.05) is 12.2 Å². The fourth-order valence-electron chi connectivity index (χ4n) is 1.93. The molecule has 2 heterocycles. The standard InChI is InChI=1S/C12H12IN5O/c13-12(4-2-1-3-5-12)6-14-11-17-9-8(10(19)18-11)15-7-16-9/h1-4,7H,5-6H2,(H3,14,15,16,17,18,19). The van der Waals surface area contributed by atoms with Crippen molar-refractivity contribution in [2.45, 2.75) is 9.84 Å². The molecule has 0 saturated heterocycles. The van der Waals surface area contributed by atoms with E-state index in [1.165, 1.54) is 6.33 Å². The summed E-state index contributed by atoms with van der Waals surface area (Å²) in [4.78, 5) is 25.5. The van der Waals surface area contributed by atoms with E-state index in [4.69, 9.17) is 0 Å². The zero-order chi connectivity index (χ0) is 13.3. The Morgan fingerprint density at radius 3 is 3.16 bits per heavy atom. The van der Waals surface area contributed by atoms with Gasteiger partial charge in [0.1, 0.15) is 0 Å². The minimum Gasteiger partial charge on any atom is -0.354 e. The molecule has 6 nitrogen and oxygen atoms in total. The van der Waals surface area contributed by atoms with Gasteiger partial charge in [-0.3, -0.25) is 9.78 Å². The van der Waals surface area contributed by atoms with Crippen molar-refractivity contribution in [1.29, 1.82) is 0 Å². The number of halogens is 1. The first-order valence-electron chi connectivity index (χ1n) is 5.87. The van der Waals surface area contributed by atoms with Gasteiger partial charge >= 0.3 is 0 Å². The van der Waals surface area contributed by atoms with Crippen LogP contribution in [0, 0.1) is 0 Å². The lowest BCUT2D eigenvalue weighted by Gasteiger charge is -2.24. The molecule has 0 amide bonds. The van der Waals surface area contributed by atoms with E-state index in [0.29, 0.717) is 23.7 Å². The Morgan fingerprint density at radius 1 is 1.47 bits per heavy atom. The SMILES string of the molecule is O=c1[nH]c(NCC2(I)C=CC=CC2)nc2nc[nH]c12. The van der Waals surface area contributed by atoms with Crippen LogP contribution in [0.3, 0.4) is 0 Å². The van der Waals surface area contributed by atoms with Crippen molar-refractivity contribution in [3.63, 3.8) is 0 Å². The van der Waals surface area contributed by atoms with Gasteiger partial charge in [0.05, 0.1) is 9.75 Å². The second-order valence-corrected chi connectivity index (χ2v) is 6.54. The molecule has 7 heteroatoms. The molecular formula is C12H12IN5O. The Balaban J connectivity index is 1.80. The van der Waals surface area contributed by atoms with Crippen molar-refractivity contribution in [3.05, 3.63) is 41.0 Å². The van der Waals surface area contributed by atoms with Crippen LogP contribution in [-0.4, -0.2) is 29.9 Å². The van der Waals surface area contributed by atoms with E-state index in [0.717, 1.165) is 6.42 Å². The summed E-state index contributed by atoms with van der Waals surface area (Å²) in [5, 5.41) is 3.16. The zero-order valence-electron chi connectivity index (χ0n) is 9.98. The number of anilines is 1. The molecule has 0 aliphatic heterocycles. The average Bonchev–Trinajstić information content (AvgIpc) is 2.86. The van der Waals surface area contributed by atoms with Crippen LogP contribution in [0.25, 0.3) is 11.2 Å². The molecule has 2 aromatic heterocycles. The summed E-state index contributed by atoms with van der Waals surface area (Å²) in [5.74, 6) is 0.448. The predicted molar refractivity (Wildman–Crippen MR) is 82.6 cm³/mol. The van der Waals surface area contributed by atoms with Gasteiger partial charge in [0.2, 0.25) is 5.95 Å². The molecule has 0 radical (unpaired) electrons. The maximum atomic E-state index is 11.8. The lowest BCUT2D eigenvalue weighted by atomic mass is 10.0. The number of allylic oxidation sites excluding steroid dienone is 3. The highest BCUT2D eigenvalue weighted by Crippen LogP contribution is 2.28. The van der Waals surface area contributed by atoms with Crippen LogP contribution < -0.4 is 10.9 Å². The third-order valence-corrected chi connectivity index (χ3v) is 4.13. The van der Waals surface area contributed by atoms with Crippen molar-refractivity contribution in [1.82, 2.24) is 19.9 Å². The molecule has 3 N–H and O–H groups in total. The molecule has 19 heavy (non-hydrogen) atoms. The number of aromatic amines is 2. The lowest BCUT2D eigenvalue weighted by Crippen LogP contribution is -2.29. The van der Waals surface area contributed by atoms with E-state index in [2.05, 4.69) is 60.0 Å². The van der Waals surface area contributed by atoms with Crippen LogP contribution in [0.4, 0.5) is 5.95 Å². The summed E-state index contributed by atoms with van der Waals surface area (Å²) < 4.78 is 0.00557. The Bertz CT molecular complexity index is 716. The van der Waals surface area contributed by atoms with Gasteiger partial charge in [-0.15, -0.1) is 0 Å². The van der Waals surface area contributed by atoms with Crippen molar-refractivity contribution < 1.29 is 0 Å². The zero-order valence-corrected chi connectivity index (χ0v) is 12.1. The molecule has 0 aromatic carbocycles. The van der Waals surface area contributed by atoms with Gasteiger partial charge in [0.15, 0.2) is 11.2 Å². The van der Waals surface area contributed by atoms with Gasteiger partial charge in [0, 0.05) is 6.54 Å². The fourth-order valence-corrected chi connectivity index (χ4v) is 2.58. The average molecular weight is 369 g/mol. The number of aromatic nitrogens is 4. The molecule has 1 unspecified atom stereocenters. The highest BCUT2D eigenvalue weighted by atomic mass is 127. The number of fused-ring (bicyclic) bond motifs is 1. The molecule has 3 rings (SSSR count). The van der Waals surface area contributed by atoms with Gasteiger partial charge < -0.3 is 10.3 Å². The first-order valence-corrected chi connectivity index (χ1v) is 6.95. The van der Waals surface area contributed by atoms with E-state index in [1.54, 1.807) is 0 Å². The summed E-state index contributed by atoms with van der Waals surface area (Å²) in [6, 6.07) is 0. The number of hydrogen-bond acceptors (Lipinski definition) is 4. The largest absolute Gasteiger partial charge is 0.354 e. The van der Waals surface area contributed by atoms with E-state index < -0.39 is 0 Å². The second kappa shape index (κ2) is 4.80. The first-order chi connectivity index (χ1) is 9.16. The number of alkyl halides is 1. The third-order valence-electron chi connectivity index (χ3n) is 2.95. The van der Waals surface area contributed by atoms with Gasteiger partial charge in [-0.2, -0.15) is 4.98 Å². The smallest absolute Gasteiger partial charge is 0.278 e. The Labute approximate surface area is 122 Å². The second-order valence-electron chi connectivity index (χ2n) is 4.40. The van der Waals surface area contributed by atoms with Crippen molar-refractivity contribution in [2.24, 2.45) is 0 Å². The summed E-state index contributed by atoms with van der Waals surface area (Å²) in [6.07, 6.45) is 10.8. The Kier molecular flexibility index (Phi) is 3.13. The first kappa shape index (κ1) is 12.4. The molecule has 0 saturated carbocycles. The molecule has 0 bridgehead atoms. The van der Waals surface area contributed by atoms with Crippen LogP contribution in [0.1, 0.15) is 6.42 Å². The number of nitrogens with one attached hydrogen (secondary N) is 3. The van der Waals surface area contributed by atoms with Crippen molar-refractivity contribution in [2.75, 3.05) is 11.9 Å². The fraction of sp³-hybridized carbons (Fsp3) is 0.250. The molecule has 0 spiro atoms. The predicted octanol–water partition coefficient (Wildman–Crippen LogP) is 1.75. The molecule has 2 aromatic rings. The normalized spacial score (nSPS) is 21.9. The van der Waals surface area contributed by atoms with E-state index >= 15 is 0 Å².